The van der Waals surface area contributed by atoms with Crippen LogP contribution in [0, 0.1) is 0 Å². The zero-order valence-corrected chi connectivity index (χ0v) is 10.3. The summed E-state index contributed by atoms with van der Waals surface area (Å²) in [5, 5.41) is 11.1. The highest BCUT2D eigenvalue weighted by Crippen LogP contribution is 2.29. The highest BCUT2D eigenvalue weighted by Gasteiger charge is 2.08. The molecule has 0 saturated carbocycles. The molecule has 4 heteroatoms. The van der Waals surface area contributed by atoms with Gasteiger partial charge in [-0.05, 0) is 47.2 Å². The fourth-order valence-electron chi connectivity index (χ4n) is 1.63. The largest absolute Gasteiger partial charge is 0.478 e. The van der Waals surface area contributed by atoms with Gasteiger partial charge in [0.2, 0.25) is 0 Å². The second-order valence-electron chi connectivity index (χ2n) is 3.82. The molecule has 3 N–H and O–H groups in total. The number of aromatic carboxylic acids is 1. The van der Waals surface area contributed by atoms with Crippen molar-refractivity contribution in [3.8, 4) is 10.4 Å². The Morgan fingerprint density at radius 2 is 2.12 bits per heavy atom. The van der Waals surface area contributed by atoms with Gasteiger partial charge in [-0.15, -0.1) is 11.3 Å². The van der Waals surface area contributed by atoms with Crippen molar-refractivity contribution in [1.29, 1.82) is 0 Å². The van der Waals surface area contributed by atoms with Gasteiger partial charge >= 0.3 is 5.97 Å². The van der Waals surface area contributed by atoms with Gasteiger partial charge < -0.3 is 10.8 Å². The molecule has 0 aliphatic heterocycles. The third-order valence-electron chi connectivity index (χ3n) is 2.55. The van der Waals surface area contributed by atoms with Crippen LogP contribution in [0.15, 0.2) is 29.6 Å². The number of carboxylic acids is 1. The lowest BCUT2D eigenvalue weighted by atomic mass is 10.1. The predicted octanol–water partition coefficient (Wildman–Crippen LogP) is 3.26. The van der Waals surface area contributed by atoms with Crippen LogP contribution in [0.25, 0.3) is 10.4 Å². The number of aryl methyl sites for hydroxylation is 1. The molecular formula is C13H13NO2S. The number of hydrogen-bond acceptors (Lipinski definition) is 3. The Balaban J connectivity index is 2.47. The van der Waals surface area contributed by atoms with Crippen LogP contribution in [0.5, 0.6) is 0 Å². The number of carbonyl (C=O) groups is 1. The number of nitrogens with two attached hydrogens (primary N) is 1. The van der Waals surface area contributed by atoms with E-state index in [1.165, 1.54) is 11.6 Å². The van der Waals surface area contributed by atoms with E-state index in [1.54, 1.807) is 23.5 Å². The number of rotatable bonds is 3. The molecule has 2 rings (SSSR count). The first-order chi connectivity index (χ1) is 8.10. The minimum absolute atomic E-state index is 0.228. The van der Waals surface area contributed by atoms with Crippen LogP contribution in [0.3, 0.4) is 0 Å². The average Bonchev–Trinajstić information content (AvgIpc) is 2.76. The molecule has 0 bridgehead atoms. The molecule has 0 fully saturated rings. The van der Waals surface area contributed by atoms with E-state index in [1.807, 2.05) is 0 Å². The summed E-state index contributed by atoms with van der Waals surface area (Å²) in [4.78, 5) is 12.0. The predicted molar refractivity (Wildman–Crippen MR) is 70.5 cm³/mol. The Bertz CT molecular complexity index is 560. The summed E-state index contributed by atoms with van der Waals surface area (Å²) in [7, 11) is 0. The molecule has 0 radical (unpaired) electrons. The summed E-state index contributed by atoms with van der Waals surface area (Å²) in [6.45, 7) is 2.09. The molecule has 1 aromatic carbocycles. The molecule has 0 spiro atoms. The number of carboxylic acid groups (broad SMARTS) is 1. The number of anilines is 1. The summed E-state index contributed by atoms with van der Waals surface area (Å²) in [6, 6.07) is 7.01. The monoisotopic (exact) mass is 247 g/mol. The number of benzene rings is 1. The van der Waals surface area contributed by atoms with Crippen LogP contribution in [0.1, 0.15) is 22.8 Å². The Morgan fingerprint density at radius 3 is 2.71 bits per heavy atom. The Labute approximate surface area is 104 Å². The van der Waals surface area contributed by atoms with Gasteiger partial charge in [-0.2, -0.15) is 0 Å². The van der Waals surface area contributed by atoms with Gasteiger partial charge in [0.1, 0.15) is 0 Å². The summed E-state index contributed by atoms with van der Waals surface area (Å²) >= 11 is 1.61. The first-order valence-corrected chi connectivity index (χ1v) is 6.19. The topological polar surface area (TPSA) is 63.3 Å². The Kier molecular flexibility index (Phi) is 3.15. The lowest BCUT2D eigenvalue weighted by Gasteiger charge is -2.02. The zero-order valence-electron chi connectivity index (χ0n) is 9.43. The van der Waals surface area contributed by atoms with E-state index in [9.17, 15) is 4.79 Å². The van der Waals surface area contributed by atoms with Gasteiger partial charge in [0.25, 0.3) is 0 Å². The second kappa shape index (κ2) is 4.59. The van der Waals surface area contributed by atoms with Crippen LogP contribution in [0.4, 0.5) is 5.69 Å². The second-order valence-corrected chi connectivity index (χ2v) is 4.73. The third kappa shape index (κ3) is 2.47. The summed E-state index contributed by atoms with van der Waals surface area (Å²) in [5.74, 6) is -0.953. The molecule has 0 saturated heterocycles. The molecule has 0 atom stereocenters. The molecule has 1 aromatic heterocycles. The number of hydrogen-bond donors (Lipinski definition) is 2. The molecule has 2 aromatic rings. The SMILES string of the molecule is CCc1csc(-c2cc(N)cc(C(=O)O)c2)c1. The summed E-state index contributed by atoms with van der Waals surface area (Å²) < 4.78 is 0. The van der Waals surface area contributed by atoms with Crippen molar-refractivity contribution in [2.75, 3.05) is 5.73 Å². The Morgan fingerprint density at radius 1 is 1.35 bits per heavy atom. The van der Waals surface area contributed by atoms with Crippen molar-refractivity contribution < 1.29 is 9.90 Å². The highest BCUT2D eigenvalue weighted by atomic mass is 32.1. The van der Waals surface area contributed by atoms with Crippen molar-refractivity contribution >= 4 is 23.0 Å². The van der Waals surface area contributed by atoms with Gasteiger partial charge in [0.15, 0.2) is 0 Å². The molecule has 3 nitrogen and oxygen atoms in total. The van der Waals surface area contributed by atoms with E-state index < -0.39 is 5.97 Å². The van der Waals surface area contributed by atoms with Gasteiger partial charge in [-0.25, -0.2) is 4.79 Å². The maximum absolute atomic E-state index is 10.9. The number of nitrogen functional groups attached to an aromatic ring is 1. The van der Waals surface area contributed by atoms with Crippen molar-refractivity contribution in [3.63, 3.8) is 0 Å². The zero-order chi connectivity index (χ0) is 12.4. The molecule has 0 unspecified atom stereocenters. The van der Waals surface area contributed by atoms with Crippen molar-refractivity contribution in [2.24, 2.45) is 0 Å². The molecule has 1 heterocycles. The van der Waals surface area contributed by atoms with E-state index in [0.717, 1.165) is 16.9 Å². The van der Waals surface area contributed by atoms with Gasteiger partial charge in [0, 0.05) is 10.6 Å². The molecule has 0 aliphatic carbocycles. The smallest absolute Gasteiger partial charge is 0.335 e. The molecular weight excluding hydrogens is 234 g/mol. The standard InChI is InChI=1S/C13H13NO2S/c1-2-8-3-12(17-7-8)9-4-10(13(15)16)6-11(14)5-9/h3-7H,2,14H2,1H3,(H,15,16). The van der Waals surface area contributed by atoms with E-state index >= 15 is 0 Å². The average molecular weight is 247 g/mol. The minimum Gasteiger partial charge on any atom is -0.478 e. The van der Waals surface area contributed by atoms with E-state index in [4.69, 9.17) is 10.8 Å². The first-order valence-electron chi connectivity index (χ1n) is 5.31. The van der Waals surface area contributed by atoms with Crippen LogP contribution in [-0.2, 0) is 6.42 Å². The molecule has 0 amide bonds. The third-order valence-corrected chi connectivity index (χ3v) is 3.58. The lowest BCUT2D eigenvalue weighted by Crippen LogP contribution is -1.98. The fraction of sp³-hybridized carbons (Fsp3) is 0.154. The van der Waals surface area contributed by atoms with E-state index in [2.05, 4.69) is 18.4 Å². The van der Waals surface area contributed by atoms with Crippen molar-refractivity contribution in [3.05, 3.63) is 40.8 Å². The van der Waals surface area contributed by atoms with Crippen LogP contribution in [0.2, 0.25) is 0 Å². The van der Waals surface area contributed by atoms with Gasteiger partial charge in [0.05, 0.1) is 5.56 Å². The first kappa shape index (κ1) is 11.7. The van der Waals surface area contributed by atoms with Gasteiger partial charge in [-0.3, -0.25) is 0 Å². The lowest BCUT2D eigenvalue weighted by molar-refractivity contribution is 0.0697. The summed E-state index contributed by atoms with van der Waals surface area (Å²) in [5.41, 5.74) is 8.54. The summed E-state index contributed by atoms with van der Waals surface area (Å²) in [6.07, 6.45) is 0.977. The quantitative estimate of drug-likeness (QED) is 0.818. The highest BCUT2D eigenvalue weighted by molar-refractivity contribution is 7.13. The van der Waals surface area contributed by atoms with Crippen LogP contribution < -0.4 is 5.73 Å². The number of thiophene rings is 1. The van der Waals surface area contributed by atoms with E-state index in [-0.39, 0.29) is 5.56 Å². The molecule has 17 heavy (non-hydrogen) atoms. The Hall–Kier alpha value is -1.81. The van der Waals surface area contributed by atoms with Crippen LogP contribution in [-0.4, -0.2) is 11.1 Å². The van der Waals surface area contributed by atoms with Crippen LogP contribution >= 0.6 is 11.3 Å². The maximum Gasteiger partial charge on any atom is 0.335 e. The van der Waals surface area contributed by atoms with E-state index in [0.29, 0.717) is 5.69 Å². The maximum atomic E-state index is 10.9. The molecule has 0 aliphatic rings. The molecule has 88 valence electrons. The van der Waals surface area contributed by atoms with Gasteiger partial charge in [-0.1, -0.05) is 6.92 Å². The normalized spacial score (nSPS) is 10.4. The fourth-order valence-corrected chi connectivity index (χ4v) is 2.62. The van der Waals surface area contributed by atoms with Crippen molar-refractivity contribution in [1.82, 2.24) is 0 Å². The van der Waals surface area contributed by atoms with Crippen molar-refractivity contribution in [2.45, 2.75) is 13.3 Å². The minimum atomic E-state index is -0.953.